The third-order valence-electron chi connectivity index (χ3n) is 8.26. The molecule has 3 aliphatic heterocycles. The molecule has 5 nitrogen and oxygen atoms in total. The maximum atomic E-state index is 13.0. The molecule has 0 bridgehead atoms. The summed E-state index contributed by atoms with van der Waals surface area (Å²) in [4.78, 5) is 17.8. The number of nitrogens with zero attached hydrogens (tertiary/aromatic N) is 2. The zero-order chi connectivity index (χ0) is 22.4. The third-order valence-corrected chi connectivity index (χ3v) is 8.26. The van der Waals surface area contributed by atoms with Crippen LogP contribution in [0.3, 0.4) is 0 Å². The molecular formula is C28H33N3O2. The number of carbonyl (C=O) groups excluding carboxylic acids is 1. The highest BCUT2D eigenvalue weighted by Gasteiger charge is 2.48. The van der Waals surface area contributed by atoms with Gasteiger partial charge in [-0.25, -0.2) is 0 Å². The SMILES string of the molecule is O=C1Nc2cccc3c2C1(CCCCN1C=C2C(=C4C=CC=CC4N2CCO)CC1)CCC3. The number of hydrogen-bond acceptors (Lipinski definition) is 4. The fourth-order valence-corrected chi connectivity index (χ4v) is 6.77. The lowest BCUT2D eigenvalue weighted by Gasteiger charge is -2.34. The molecule has 0 saturated heterocycles. The monoisotopic (exact) mass is 443 g/mol. The molecule has 5 aliphatic rings. The smallest absolute Gasteiger partial charge is 0.235 e. The van der Waals surface area contributed by atoms with E-state index in [1.807, 2.05) is 0 Å². The van der Waals surface area contributed by atoms with E-state index in [1.165, 1.54) is 28.0 Å². The summed E-state index contributed by atoms with van der Waals surface area (Å²) < 4.78 is 0. The van der Waals surface area contributed by atoms with E-state index < -0.39 is 0 Å². The highest BCUT2D eigenvalue weighted by molar-refractivity contribution is 6.07. The Hall–Kier alpha value is -2.79. The first-order valence-electron chi connectivity index (χ1n) is 12.6. The summed E-state index contributed by atoms with van der Waals surface area (Å²) in [7, 11) is 0. The maximum Gasteiger partial charge on any atom is 0.235 e. The van der Waals surface area contributed by atoms with Gasteiger partial charge in [0.2, 0.25) is 5.91 Å². The minimum atomic E-state index is -0.306. The van der Waals surface area contributed by atoms with Crippen molar-refractivity contribution in [1.82, 2.24) is 9.80 Å². The Balaban J connectivity index is 1.13. The Morgan fingerprint density at radius 2 is 2.09 bits per heavy atom. The summed E-state index contributed by atoms with van der Waals surface area (Å²) in [5.41, 5.74) is 7.53. The van der Waals surface area contributed by atoms with Crippen molar-refractivity contribution in [2.45, 2.75) is 56.4 Å². The predicted octanol–water partition coefficient (Wildman–Crippen LogP) is 4.03. The number of carbonyl (C=O) groups is 1. The summed E-state index contributed by atoms with van der Waals surface area (Å²) in [6, 6.07) is 6.62. The first-order valence-corrected chi connectivity index (χ1v) is 12.6. The molecular weight excluding hydrogens is 410 g/mol. The molecule has 172 valence electrons. The Morgan fingerprint density at radius 3 is 3.00 bits per heavy atom. The summed E-state index contributed by atoms with van der Waals surface area (Å²) in [5, 5.41) is 12.8. The second-order valence-corrected chi connectivity index (χ2v) is 10.0. The lowest BCUT2D eigenvalue weighted by atomic mass is 9.68. The predicted molar refractivity (Wildman–Crippen MR) is 131 cm³/mol. The molecule has 1 aromatic rings. The van der Waals surface area contributed by atoms with Gasteiger partial charge >= 0.3 is 0 Å². The van der Waals surface area contributed by atoms with Crippen LogP contribution in [0.2, 0.25) is 0 Å². The van der Waals surface area contributed by atoms with Gasteiger partial charge in [-0.15, -0.1) is 0 Å². The molecule has 1 amide bonds. The molecule has 0 aromatic heterocycles. The van der Waals surface area contributed by atoms with Crippen LogP contribution in [0.25, 0.3) is 0 Å². The fraction of sp³-hybridized carbons (Fsp3) is 0.464. The molecule has 0 spiro atoms. The highest BCUT2D eigenvalue weighted by atomic mass is 16.3. The highest BCUT2D eigenvalue weighted by Crippen LogP contribution is 2.49. The number of β-amino-alcohol motifs (C(OH)–C–C–N with tert-alkyl or cyclic N) is 1. The largest absolute Gasteiger partial charge is 0.395 e. The van der Waals surface area contributed by atoms with Crippen LogP contribution in [0.15, 0.2) is 65.5 Å². The van der Waals surface area contributed by atoms with E-state index in [4.69, 9.17) is 0 Å². The van der Waals surface area contributed by atoms with Crippen LogP contribution in [-0.4, -0.2) is 53.1 Å². The molecule has 2 atom stereocenters. The first-order chi connectivity index (χ1) is 16.2. The second-order valence-electron chi connectivity index (χ2n) is 10.0. The van der Waals surface area contributed by atoms with Gasteiger partial charge in [0.25, 0.3) is 0 Å². The standard InChI is InChI=1S/C28H33N3O2/c32-18-17-31-24-11-2-1-9-21(24)22-12-16-30(19-25(22)31)15-4-3-13-28-14-6-8-20-7-5-10-23(26(20)28)29-27(28)33/h1-2,5,7,9-11,19,24,32H,3-4,6,8,12-18H2,(H,29,33). The Morgan fingerprint density at radius 1 is 1.15 bits per heavy atom. The maximum absolute atomic E-state index is 13.0. The van der Waals surface area contributed by atoms with Gasteiger partial charge in [0.15, 0.2) is 0 Å². The van der Waals surface area contributed by atoms with Crippen molar-refractivity contribution in [2.24, 2.45) is 0 Å². The first kappa shape index (κ1) is 20.8. The van der Waals surface area contributed by atoms with Crippen molar-refractivity contribution < 1.29 is 9.90 Å². The summed E-state index contributed by atoms with van der Waals surface area (Å²) in [6.45, 7) is 2.88. The van der Waals surface area contributed by atoms with Crippen LogP contribution in [0.4, 0.5) is 5.69 Å². The van der Waals surface area contributed by atoms with Gasteiger partial charge in [-0.2, -0.15) is 0 Å². The fourth-order valence-electron chi connectivity index (χ4n) is 6.77. The van der Waals surface area contributed by atoms with Crippen molar-refractivity contribution >= 4 is 11.6 Å². The number of unbranched alkanes of at least 4 members (excludes halogenated alkanes) is 1. The minimum absolute atomic E-state index is 0.166. The molecule has 0 saturated carbocycles. The van der Waals surface area contributed by atoms with Crippen molar-refractivity contribution in [2.75, 3.05) is 31.6 Å². The van der Waals surface area contributed by atoms with E-state index in [9.17, 15) is 9.90 Å². The number of fused-ring (bicyclic) bond motifs is 2. The number of nitrogens with one attached hydrogen (secondary N) is 1. The number of amides is 1. The summed E-state index contributed by atoms with van der Waals surface area (Å²) >= 11 is 0. The zero-order valence-corrected chi connectivity index (χ0v) is 19.2. The van der Waals surface area contributed by atoms with Gasteiger partial charge in [-0.3, -0.25) is 4.79 Å². The average molecular weight is 444 g/mol. The van der Waals surface area contributed by atoms with E-state index in [1.54, 1.807) is 0 Å². The van der Waals surface area contributed by atoms with Gasteiger partial charge in [0.05, 0.1) is 23.8 Å². The van der Waals surface area contributed by atoms with Crippen LogP contribution in [0, 0.1) is 0 Å². The van der Waals surface area contributed by atoms with Crippen LogP contribution >= 0.6 is 0 Å². The number of aliphatic hydroxyl groups is 1. The zero-order valence-electron chi connectivity index (χ0n) is 19.2. The number of hydrogen-bond donors (Lipinski definition) is 2. The normalized spacial score (nSPS) is 26.9. The molecule has 2 aliphatic carbocycles. The van der Waals surface area contributed by atoms with Crippen molar-refractivity contribution in [3.05, 3.63) is 76.7 Å². The molecule has 0 radical (unpaired) electrons. The lowest BCUT2D eigenvalue weighted by Crippen LogP contribution is -2.37. The Labute approximate surface area is 196 Å². The van der Waals surface area contributed by atoms with Gasteiger partial charge < -0.3 is 20.2 Å². The Bertz CT molecular complexity index is 1100. The second kappa shape index (κ2) is 8.21. The molecule has 2 N–H and O–H groups in total. The van der Waals surface area contributed by atoms with E-state index in [0.29, 0.717) is 6.54 Å². The molecule has 0 fully saturated rings. The van der Waals surface area contributed by atoms with Crippen LogP contribution in [0.1, 0.15) is 49.7 Å². The molecule has 5 heteroatoms. The summed E-state index contributed by atoms with van der Waals surface area (Å²) in [5.74, 6) is 0.218. The molecule has 6 rings (SSSR count). The van der Waals surface area contributed by atoms with Crippen molar-refractivity contribution in [1.29, 1.82) is 0 Å². The van der Waals surface area contributed by atoms with Crippen molar-refractivity contribution in [3.63, 3.8) is 0 Å². The topological polar surface area (TPSA) is 55.8 Å². The van der Waals surface area contributed by atoms with Gasteiger partial charge in [-0.1, -0.05) is 42.9 Å². The van der Waals surface area contributed by atoms with Crippen LogP contribution in [-0.2, 0) is 16.6 Å². The molecule has 3 heterocycles. The summed E-state index contributed by atoms with van der Waals surface area (Å²) in [6.07, 6.45) is 18.3. The number of benzene rings is 1. The van der Waals surface area contributed by atoms with Crippen LogP contribution in [0.5, 0.6) is 0 Å². The number of anilines is 1. The van der Waals surface area contributed by atoms with Crippen LogP contribution < -0.4 is 5.32 Å². The van der Waals surface area contributed by atoms with Crippen molar-refractivity contribution in [3.8, 4) is 0 Å². The van der Waals surface area contributed by atoms with E-state index in [0.717, 1.165) is 63.7 Å². The average Bonchev–Trinajstić information content (AvgIpc) is 3.31. The van der Waals surface area contributed by atoms with Gasteiger partial charge in [0, 0.05) is 31.5 Å². The number of aryl methyl sites for hydroxylation is 1. The molecule has 2 unspecified atom stereocenters. The third kappa shape index (κ3) is 3.28. The van der Waals surface area contributed by atoms with Gasteiger partial charge in [0.1, 0.15) is 0 Å². The van der Waals surface area contributed by atoms with E-state index >= 15 is 0 Å². The number of aliphatic hydroxyl groups excluding tert-OH is 1. The van der Waals surface area contributed by atoms with Gasteiger partial charge in [-0.05, 0) is 66.9 Å². The van der Waals surface area contributed by atoms with E-state index in [2.05, 4.69) is 63.8 Å². The quantitative estimate of drug-likeness (QED) is 0.625. The van der Waals surface area contributed by atoms with E-state index in [-0.39, 0.29) is 24.0 Å². The minimum Gasteiger partial charge on any atom is -0.395 e. The Kier molecular flexibility index (Phi) is 5.17. The lowest BCUT2D eigenvalue weighted by molar-refractivity contribution is -0.121. The molecule has 33 heavy (non-hydrogen) atoms. The number of rotatable bonds is 7. The number of allylic oxidation sites excluding steroid dienone is 3. The molecule has 1 aromatic carbocycles.